The zero-order valence-corrected chi connectivity index (χ0v) is 21.8. The number of fused-ring (bicyclic) bond motifs is 1. The lowest BCUT2D eigenvalue weighted by Gasteiger charge is -2.34. The van der Waals surface area contributed by atoms with Gasteiger partial charge in [0, 0.05) is 35.2 Å². The standard InChI is InChI=1S/C27H24Cl3N3O3/c1-36-25(34)11-16-12-31-13-19(16)15-9-18(17-5-2-3-6-21(17)28)20-14-32-27(35)33(24(20)10-15)26-22(29)7-4-8-23(26)30/h2-10,16,19,31H,11-14H2,1H3,(H,32,35). The zero-order chi connectivity index (χ0) is 25.4. The summed E-state index contributed by atoms with van der Waals surface area (Å²) in [5.41, 5.74) is 4.75. The number of nitrogens with one attached hydrogen (secondary N) is 2. The number of carbonyl (C=O) groups excluding carboxylic acids is 2. The normalized spacial score (nSPS) is 19.1. The van der Waals surface area contributed by atoms with Crippen LogP contribution in [0.2, 0.25) is 15.1 Å². The van der Waals surface area contributed by atoms with Gasteiger partial charge in [0.05, 0.1) is 35.0 Å². The van der Waals surface area contributed by atoms with E-state index in [2.05, 4.69) is 16.7 Å². The van der Waals surface area contributed by atoms with Crippen molar-refractivity contribution >= 4 is 58.2 Å². The third kappa shape index (κ3) is 4.55. The van der Waals surface area contributed by atoms with Crippen molar-refractivity contribution in [1.29, 1.82) is 0 Å². The minimum absolute atomic E-state index is 0.0317. The van der Waals surface area contributed by atoms with E-state index in [4.69, 9.17) is 39.5 Å². The maximum atomic E-state index is 13.3. The molecule has 3 aromatic rings. The molecule has 0 spiro atoms. The van der Waals surface area contributed by atoms with Gasteiger partial charge in [0.2, 0.25) is 0 Å². The van der Waals surface area contributed by atoms with Gasteiger partial charge in [-0.2, -0.15) is 0 Å². The molecule has 1 fully saturated rings. The number of amides is 2. The van der Waals surface area contributed by atoms with Crippen LogP contribution in [0.5, 0.6) is 0 Å². The van der Waals surface area contributed by atoms with Gasteiger partial charge < -0.3 is 15.4 Å². The summed E-state index contributed by atoms with van der Waals surface area (Å²) in [6, 6.07) is 16.6. The van der Waals surface area contributed by atoms with Gasteiger partial charge >= 0.3 is 12.0 Å². The van der Waals surface area contributed by atoms with Crippen LogP contribution in [-0.2, 0) is 16.1 Å². The van der Waals surface area contributed by atoms with Crippen LogP contribution in [-0.4, -0.2) is 32.2 Å². The van der Waals surface area contributed by atoms with E-state index in [1.807, 2.05) is 30.3 Å². The van der Waals surface area contributed by atoms with Crippen LogP contribution in [0.3, 0.4) is 0 Å². The third-order valence-corrected chi connectivity index (χ3v) is 7.80. The van der Waals surface area contributed by atoms with E-state index in [1.165, 1.54) is 12.0 Å². The smallest absolute Gasteiger partial charge is 0.326 e. The van der Waals surface area contributed by atoms with Gasteiger partial charge in [-0.1, -0.05) is 65.1 Å². The largest absolute Gasteiger partial charge is 0.469 e. The lowest BCUT2D eigenvalue weighted by molar-refractivity contribution is -0.141. The number of ether oxygens (including phenoxy) is 1. The summed E-state index contributed by atoms with van der Waals surface area (Å²) >= 11 is 19.7. The van der Waals surface area contributed by atoms with Gasteiger partial charge in [-0.25, -0.2) is 4.79 Å². The second-order valence-corrected chi connectivity index (χ2v) is 10.1. The van der Waals surface area contributed by atoms with E-state index >= 15 is 0 Å². The molecule has 5 rings (SSSR count). The average molecular weight is 545 g/mol. The monoisotopic (exact) mass is 543 g/mol. The second-order valence-electron chi connectivity index (χ2n) is 8.92. The first-order chi connectivity index (χ1) is 17.4. The van der Waals surface area contributed by atoms with Crippen molar-refractivity contribution in [2.45, 2.75) is 18.9 Å². The third-order valence-electron chi connectivity index (χ3n) is 6.86. The first-order valence-corrected chi connectivity index (χ1v) is 12.7. The Morgan fingerprint density at radius 2 is 1.72 bits per heavy atom. The van der Waals surface area contributed by atoms with Crippen LogP contribution in [0.25, 0.3) is 11.1 Å². The van der Waals surface area contributed by atoms with Crippen LogP contribution in [0.4, 0.5) is 16.2 Å². The van der Waals surface area contributed by atoms with Crippen molar-refractivity contribution in [1.82, 2.24) is 10.6 Å². The molecular weight excluding hydrogens is 521 g/mol. The van der Waals surface area contributed by atoms with Crippen molar-refractivity contribution in [2.24, 2.45) is 5.92 Å². The number of nitrogens with zero attached hydrogens (tertiary/aromatic N) is 1. The Labute approximate surface area is 224 Å². The summed E-state index contributed by atoms with van der Waals surface area (Å²) in [5, 5.41) is 7.69. The number of rotatable bonds is 5. The highest BCUT2D eigenvalue weighted by Crippen LogP contribution is 2.46. The Morgan fingerprint density at radius 3 is 2.44 bits per heavy atom. The van der Waals surface area contributed by atoms with E-state index in [0.29, 0.717) is 52.5 Å². The quantitative estimate of drug-likeness (QED) is 0.358. The molecule has 2 heterocycles. The maximum Gasteiger partial charge on any atom is 0.326 e. The van der Waals surface area contributed by atoms with Crippen molar-refractivity contribution in [2.75, 3.05) is 25.1 Å². The van der Waals surface area contributed by atoms with Gasteiger partial charge in [0.1, 0.15) is 0 Å². The number of anilines is 2. The van der Waals surface area contributed by atoms with E-state index in [0.717, 1.165) is 22.3 Å². The predicted molar refractivity (Wildman–Crippen MR) is 143 cm³/mol. The minimum Gasteiger partial charge on any atom is -0.469 e. The van der Waals surface area contributed by atoms with Crippen LogP contribution >= 0.6 is 34.8 Å². The number of hydrogen-bond acceptors (Lipinski definition) is 4. The van der Waals surface area contributed by atoms with Crippen molar-refractivity contribution in [3.05, 3.63) is 80.8 Å². The molecule has 0 aromatic heterocycles. The first-order valence-electron chi connectivity index (χ1n) is 11.6. The maximum absolute atomic E-state index is 13.3. The summed E-state index contributed by atoms with van der Waals surface area (Å²) in [5.74, 6) is -0.171. The molecule has 2 amide bonds. The molecule has 2 unspecified atom stereocenters. The highest BCUT2D eigenvalue weighted by atomic mass is 35.5. The molecule has 0 aliphatic carbocycles. The predicted octanol–water partition coefficient (Wildman–Crippen LogP) is 6.54. The molecule has 36 heavy (non-hydrogen) atoms. The second kappa shape index (κ2) is 10.3. The molecule has 6 nitrogen and oxygen atoms in total. The van der Waals surface area contributed by atoms with Crippen LogP contribution < -0.4 is 15.5 Å². The number of hydrogen-bond donors (Lipinski definition) is 2. The fourth-order valence-electron chi connectivity index (χ4n) is 5.11. The molecule has 0 bridgehead atoms. The van der Waals surface area contributed by atoms with Crippen molar-refractivity contribution in [3.63, 3.8) is 0 Å². The molecule has 9 heteroatoms. The molecule has 3 aromatic carbocycles. The number of para-hydroxylation sites is 1. The lowest BCUT2D eigenvalue weighted by Crippen LogP contribution is -2.42. The molecule has 2 N–H and O–H groups in total. The first kappa shape index (κ1) is 24.9. The van der Waals surface area contributed by atoms with E-state index in [-0.39, 0.29) is 23.8 Å². The molecule has 0 radical (unpaired) electrons. The average Bonchev–Trinajstić information content (AvgIpc) is 3.32. The fraction of sp³-hybridized carbons (Fsp3) is 0.259. The molecule has 2 aliphatic heterocycles. The topological polar surface area (TPSA) is 70.7 Å². The summed E-state index contributed by atoms with van der Waals surface area (Å²) in [7, 11) is 1.40. The summed E-state index contributed by atoms with van der Waals surface area (Å²) < 4.78 is 4.94. The Kier molecular flexibility index (Phi) is 7.13. The van der Waals surface area contributed by atoms with E-state index < -0.39 is 0 Å². The Bertz CT molecular complexity index is 1330. The summed E-state index contributed by atoms with van der Waals surface area (Å²) in [6.45, 7) is 1.71. The van der Waals surface area contributed by atoms with Gasteiger partial charge in [-0.3, -0.25) is 9.69 Å². The SMILES string of the molecule is COC(=O)CC1CNCC1c1cc(-c2ccccc2Cl)c2c(c1)N(c1c(Cl)cccc1Cl)C(=O)NC2. The number of esters is 1. The molecular formula is C27H24Cl3N3O3. The number of carbonyl (C=O) groups is 2. The Hall–Kier alpha value is -2.77. The molecule has 1 saturated heterocycles. The van der Waals surface area contributed by atoms with E-state index in [9.17, 15) is 9.59 Å². The van der Waals surface area contributed by atoms with Crippen LogP contribution in [0.15, 0.2) is 54.6 Å². The number of halogens is 3. The van der Waals surface area contributed by atoms with Crippen molar-refractivity contribution < 1.29 is 14.3 Å². The van der Waals surface area contributed by atoms with Gasteiger partial charge in [0.25, 0.3) is 0 Å². The molecule has 2 atom stereocenters. The fourth-order valence-corrected chi connectivity index (χ4v) is 5.91. The highest BCUT2D eigenvalue weighted by Gasteiger charge is 2.35. The summed E-state index contributed by atoms with van der Waals surface area (Å²) in [4.78, 5) is 26.9. The number of urea groups is 1. The Morgan fingerprint density at radius 1 is 1.00 bits per heavy atom. The number of methoxy groups -OCH3 is 1. The van der Waals surface area contributed by atoms with E-state index in [1.54, 1.807) is 18.2 Å². The van der Waals surface area contributed by atoms with Gasteiger partial charge in [0.15, 0.2) is 0 Å². The molecule has 2 aliphatic rings. The Balaban J connectivity index is 1.73. The van der Waals surface area contributed by atoms with Crippen LogP contribution in [0.1, 0.15) is 23.5 Å². The van der Waals surface area contributed by atoms with Gasteiger partial charge in [-0.05, 0) is 47.9 Å². The molecule has 186 valence electrons. The number of benzene rings is 3. The van der Waals surface area contributed by atoms with Crippen LogP contribution in [0, 0.1) is 5.92 Å². The minimum atomic E-state index is -0.324. The highest BCUT2D eigenvalue weighted by molar-refractivity contribution is 6.40. The summed E-state index contributed by atoms with van der Waals surface area (Å²) in [6.07, 6.45) is 0.299. The lowest BCUT2D eigenvalue weighted by atomic mass is 9.83. The zero-order valence-electron chi connectivity index (χ0n) is 19.5. The van der Waals surface area contributed by atoms with Crippen molar-refractivity contribution in [3.8, 4) is 11.1 Å². The molecule has 0 saturated carbocycles. The van der Waals surface area contributed by atoms with Gasteiger partial charge in [-0.15, -0.1) is 0 Å².